The Morgan fingerprint density at radius 3 is 2.95 bits per heavy atom. The van der Waals surface area contributed by atoms with Gasteiger partial charge in [-0.25, -0.2) is 4.98 Å². The van der Waals surface area contributed by atoms with Gasteiger partial charge >= 0.3 is 0 Å². The number of imidazole rings is 1. The number of rotatable bonds is 5. The summed E-state index contributed by atoms with van der Waals surface area (Å²) in [6.07, 6.45) is 6.19. The fourth-order valence-corrected chi connectivity index (χ4v) is 2.45. The van der Waals surface area contributed by atoms with E-state index in [0.29, 0.717) is 12.2 Å². The first-order valence-corrected chi connectivity index (χ1v) is 7.04. The standard InChI is InChI=1S/C16H18N4O/c1-19-12-17-11-15(19)16(21)18-8-4-9-20-10-7-13-5-2-3-6-14(13)20/h2-3,5-7,10-12H,4,8-9H2,1H3,(H,18,21). The average molecular weight is 282 g/mol. The van der Waals surface area contributed by atoms with Crippen molar-refractivity contribution < 1.29 is 4.79 Å². The molecule has 0 aliphatic rings. The Hall–Kier alpha value is -2.56. The largest absolute Gasteiger partial charge is 0.351 e. The Morgan fingerprint density at radius 2 is 2.14 bits per heavy atom. The Bertz CT molecular complexity index is 756. The van der Waals surface area contributed by atoms with Gasteiger partial charge in [0.1, 0.15) is 5.69 Å². The molecule has 0 radical (unpaired) electrons. The molecule has 3 aromatic rings. The minimum absolute atomic E-state index is 0.0765. The summed E-state index contributed by atoms with van der Waals surface area (Å²) in [5.74, 6) is -0.0765. The van der Waals surface area contributed by atoms with Gasteiger partial charge in [0.15, 0.2) is 0 Å². The molecule has 0 saturated heterocycles. The molecule has 5 nitrogen and oxygen atoms in total. The molecule has 0 fully saturated rings. The SMILES string of the molecule is Cn1cncc1C(=O)NCCCn1ccc2ccccc21. The van der Waals surface area contributed by atoms with Crippen LogP contribution in [0.5, 0.6) is 0 Å². The van der Waals surface area contributed by atoms with E-state index >= 15 is 0 Å². The first kappa shape index (κ1) is 13.4. The van der Waals surface area contributed by atoms with E-state index in [1.165, 1.54) is 10.9 Å². The van der Waals surface area contributed by atoms with Gasteiger partial charge in [-0.15, -0.1) is 0 Å². The third kappa shape index (κ3) is 2.81. The summed E-state index contributed by atoms with van der Waals surface area (Å²) in [6.45, 7) is 1.54. The summed E-state index contributed by atoms with van der Waals surface area (Å²) >= 11 is 0. The van der Waals surface area contributed by atoms with Crippen molar-refractivity contribution >= 4 is 16.8 Å². The summed E-state index contributed by atoms with van der Waals surface area (Å²) in [5, 5.41) is 4.17. The van der Waals surface area contributed by atoms with Crippen molar-refractivity contribution in [3.05, 3.63) is 54.7 Å². The Labute approximate surface area is 123 Å². The summed E-state index contributed by atoms with van der Waals surface area (Å²) in [5.41, 5.74) is 1.82. The molecule has 0 saturated carbocycles. The number of fused-ring (bicyclic) bond motifs is 1. The molecular formula is C16H18N4O. The predicted molar refractivity (Wildman–Crippen MR) is 82.1 cm³/mol. The molecule has 1 aromatic carbocycles. The highest BCUT2D eigenvalue weighted by molar-refractivity contribution is 5.92. The number of amides is 1. The van der Waals surface area contributed by atoms with Gasteiger partial charge in [0.05, 0.1) is 12.5 Å². The van der Waals surface area contributed by atoms with E-state index in [2.05, 4.69) is 39.3 Å². The van der Waals surface area contributed by atoms with E-state index in [0.717, 1.165) is 13.0 Å². The average Bonchev–Trinajstić information content (AvgIpc) is 3.10. The minimum atomic E-state index is -0.0765. The third-order valence-electron chi connectivity index (χ3n) is 3.59. The number of nitrogens with one attached hydrogen (secondary N) is 1. The Morgan fingerprint density at radius 1 is 1.29 bits per heavy atom. The van der Waals surface area contributed by atoms with E-state index in [4.69, 9.17) is 0 Å². The number of nitrogens with zero attached hydrogens (tertiary/aromatic N) is 3. The van der Waals surface area contributed by atoms with Crippen molar-refractivity contribution in [2.75, 3.05) is 6.54 Å². The van der Waals surface area contributed by atoms with E-state index in [-0.39, 0.29) is 5.91 Å². The van der Waals surface area contributed by atoms with Crippen molar-refractivity contribution in [2.45, 2.75) is 13.0 Å². The molecule has 0 spiro atoms. The molecule has 0 atom stereocenters. The molecular weight excluding hydrogens is 264 g/mol. The maximum Gasteiger partial charge on any atom is 0.269 e. The molecule has 2 heterocycles. The number of aromatic nitrogens is 3. The van der Waals surface area contributed by atoms with Crippen LogP contribution in [0.2, 0.25) is 0 Å². The highest BCUT2D eigenvalue weighted by Crippen LogP contribution is 2.15. The lowest BCUT2D eigenvalue weighted by Gasteiger charge is -2.07. The van der Waals surface area contributed by atoms with Crippen LogP contribution >= 0.6 is 0 Å². The van der Waals surface area contributed by atoms with E-state index < -0.39 is 0 Å². The van der Waals surface area contributed by atoms with Gasteiger partial charge in [-0.05, 0) is 23.9 Å². The topological polar surface area (TPSA) is 51.9 Å². The Balaban J connectivity index is 1.53. The van der Waals surface area contributed by atoms with E-state index in [9.17, 15) is 4.79 Å². The van der Waals surface area contributed by atoms with Crippen molar-refractivity contribution in [2.24, 2.45) is 7.05 Å². The maximum absolute atomic E-state index is 11.9. The number of hydrogen-bond donors (Lipinski definition) is 1. The number of aryl methyl sites for hydroxylation is 2. The molecule has 108 valence electrons. The quantitative estimate of drug-likeness (QED) is 0.729. The molecule has 0 aliphatic heterocycles. The summed E-state index contributed by atoms with van der Waals surface area (Å²) in [7, 11) is 1.81. The van der Waals surface area contributed by atoms with E-state index in [1.807, 2.05) is 19.2 Å². The van der Waals surface area contributed by atoms with Crippen LogP contribution in [0.1, 0.15) is 16.9 Å². The fourth-order valence-electron chi connectivity index (χ4n) is 2.45. The lowest BCUT2D eigenvalue weighted by Crippen LogP contribution is -2.26. The second-order valence-corrected chi connectivity index (χ2v) is 5.07. The molecule has 2 aromatic heterocycles. The van der Waals surface area contributed by atoms with Crippen LogP contribution in [-0.4, -0.2) is 26.6 Å². The summed E-state index contributed by atoms with van der Waals surface area (Å²) < 4.78 is 3.93. The number of hydrogen-bond acceptors (Lipinski definition) is 2. The predicted octanol–water partition coefficient (Wildman–Crippen LogP) is 2.19. The number of carbonyl (C=O) groups excluding carboxylic acids is 1. The molecule has 3 rings (SSSR count). The lowest BCUT2D eigenvalue weighted by atomic mass is 10.2. The molecule has 0 bridgehead atoms. The highest BCUT2D eigenvalue weighted by atomic mass is 16.1. The third-order valence-corrected chi connectivity index (χ3v) is 3.59. The fraction of sp³-hybridized carbons (Fsp3) is 0.250. The number of benzene rings is 1. The van der Waals surface area contributed by atoms with Crippen LogP contribution in [0.3, 0.4) is 0 Å². The van der Waals surface area contributed by atoms with Crippen LogP contribution in [-0.2, 0) is 13.6 Å². The Kier molecular flexibility index (Phi) is 3.73. The van der Waals surface area contributed by atoms with Crippen LogP contribution in [0, 0.1) is 0 Å². The minimum Gasteiger partial charge on any atom is -0.351 e. The van der Waals surface area contributed by atoms with Crippen molar-refractivity contribution in [3.63, 3.8) is 0 Å². The van der Waals surface area contributed by atoms with Gasteiger partial charge in [-0.3, -0.25) is 4.79 Å². The first-order chi connectivity index (χ1) is 10.3. The smallest absolute Gasteiger partial charge is 0.269 e. The zero-order valence-corrected chi connectivity index (χ0v) is 12.0. The first-order valence-electron chi connectivity index (χ1n) is 7.04. The van der Waals surface area contributed by atoms with Gasteiger partial charge in [0.25, 0.3) is 5.91 Å². The normalized spacial score (nSPS) is 10.9. The molecule has 21 heavy (non-hydrogen) atoms. The van der Waals surface area contributed by atoms with E-state index in [1.54, 1.807) is 17.1 Å². The zero-order chi connectivity index (χ0) is 14.7. The summed E-state index contributed by atoms with van der Waals surface area (Å²) in [4.78, 5) is 15.9. The van der Waals surface area contributed by atoms with Crippen LogP contribution in [0.25, 0.3) is 10.9 Å². The zero-order valence-electron chi connectivity index (χ0n) is 12.0. The number of para-hydroxylation sites is 1. The maximum atomic E-state index is 11.9. The lowest BCUT2D eigenvalue weighted by molar-refractivity contribution is 0.0944. The molecule has 1 N–H and O–H groups in total. The molecule has 0 aliphatic carbocycles. The second-order valence-electron chi connectivity index (χ2n) is 5.07. The molecule has 5 heteroatoms. The molecule has 1 amide bonds. The summed E-state index contributed by atoms with van der Waals surface area (Å²) in [6, 6.07) is 10.4. The van der Waals surface area contributed by atoms with Crippen LogP contribution in [0.4, 0.5) is 0 Å². The van der Waals surface area contributed by atoms with Gasteiger partial charge in [0.2, 0.25) is 0 Å². The van der Waals surface area contributed by atoms with Crippen LogP contribution < -0.4 is 5.32 Å². The van der Waals surface area contributed by atoms with Gasteiger partial charge in [-0.1, -0.05) is 18.2 Å². The van der Waals surface area contributed by atoms with Gasteiger partial charge in [-0.2, -0.15) is 0 Å². The van der Waals surface area contributed by atoms with Crippen molar-refractivity contribution in [3.8, 4) is 0 Å². The van der Waals surface area contributed by atoms with Crippen LogP contribution in [0.15, 0.2) is 49.1 Å². The van der Waals surface area contributed by atoms with Gasteiger partial charge in [0, 0.05) is 31.9 Å². The highest BCUT2D eigenvalue weighted by Gasteiger charge is 2.08. The monoisotopic (exact) mass is 282 g/mol. The second kappa shape index (κ2) is 5.83. The number of carbonyl (C=O) groups is 1. The molecule has 0 unspecified atom stereocenters. The van der Waals surface area contributed by atoms with Crippen molar-refractivity contribution in [1.82, 2.24) is 19.4 Å². The van der Waals surface area contributed by atoms with Gasteiger partial charge < -0.3 is 14.5 Å². The van der Waals surface area contributed by atoms with Crippen molar-refractivity contribution in [1.29, 1.82) is 0 Å².